The molecule has 6 heteroatoms. The first-order valence-corrected chi connectivity index (χ1v) is 25.5. The van der Waals surface area contributed by atoms with Gasteiger partial charge in [-0.25, -0.2) is 4.98 Å². The van der Waals surface area contributed by atoms with Crippen LogP contribution in [0.3, 0.4) is 0 Å². The zero-order valence-corrected chi connectivity index (χ0v) is 44.5. The van der Waals surface area contributed by atoms with Gasteiger partial charge in [-0.05, 0) is 153 Å². The molecular weight excluding hydrogens is 1100 g/mol. The number of benzene rings is 9. The maximum atomic E-state index is 8.65. The molecule has 5 nitrogen and oxygen atoms in total. The molecule has 12 rings (SSSR count). The molecule has 0 aliphatic carbocycles. The van der Waals surface area contributed by atoms with Crippen LogP contribution in [0.1, 0.15) is 54.4 Å². The topological polar surface area (TPSA) is 33.5 Å². The molecule has 1 aliphatic heterocycles. The Bertz CT molecular complexity index is 3870. The summed E-state index contributed by atoms with van der Waals surface area (Å²) in [5.74, 6) is 1.94. The van der Waals surface area contributed by atoms with Gasteiger partial charge < -0.3 is 19.1 Å². The Morgan fingerprint density at radius 2 is 1.23 bits per heavy atom. The Balaban J connectivity index is 0.00000645. The Kier molecular flexibility index (Phi) is 12.8. The fourth-order valence-electron chi connectivity index (χ4n) is 10.4. The van der Waals surface area contributed by atoms with Gasteiger partial charge in [-0.2, -0.15) is 18.8 Å². The number of nitrogens with zero attached hydrogens (tertiary/aromatic N) is 4. The molecule has 0 saturated heterocycles. The predicted octanol–water partition coefficient (Wildman–Crippen LogP) is 17.9. The van der Waals surface area contributed by atoms with Gasteiger partial charge in [0.2, 0.25) is 0 Å². The molecule has 0 amide bonds. The Morgan fingerprint density at radius 1 is 0.560 bits per heavy atom. The molecule has 0 radical (unpaired) electrons. The number of ether oxygens (including phenoxy) is 1. The maximum Gasteiger partial charge on any atom is 0.136 e. The molecule has 0 bridgehead atoms. The molecular formula is C69H57N4OPt-3. The van der Waals surface area contributed by atoms with Crippen molar-refractivity contribution < 1.29 is 29.9 Å². The van der Waals surface area contributed by atoms with Gasteiger partial charge in [0.25, 0.3) is 0 Å². The van der Waals surface area contributed by atoms with Crippen molar-refractivity contribution in [2.75, 3.05) is 16.3 Å². The van der Waals surface area contributed by atoms with E-state index in [2.05, 4.69) is 218 Å². The van der Waals surface area contributed by atoms with Gasteiger partial charge in [-0.3, -0.25) is 0 Å². The van der Waals surface area contributed by atoms with Gasteiger partial charge in [0.05, 0.1) is 0 Å². The molecule has 0 atom stereocenters. The third-order valence-corrected chi connectivity index (χ3v) is 14.3. The number of hydrogen-bond acceptors (Lipinski definition) is 4. The molecule has 9 aromatic carbocycles. The van der Waals surface area contributed by atoms with Crippen molar-refractivity contribution in [2.24, 2.45) is 0 Å². The Hall–Kier alpha value is -7.98. The third kappa shape index (κ3) is 10.1. The van der Waals surface area contributed by atoms with Gasteiger partial charge >= 0.3 is 0 Å². The van der Waals surface area contributed by atoms with Crippen molar-refractivity contribution in [1.29, 1.82) is 0 Å². The van der Waals surface area contributed by atoms with E-state index in [4.69, 9.17) is 13.8 Å². The second-order valence-electron chi connectivity index (χ2n) is 20.2. The molecule has 0 unspecified atom stereocenters. The van der Waals surface area contributed by atoms with Crippen molar-refractivity contribution in [2.45, 2.75) is 52.3 Å². The fourth-order valence-corrected chi connectivity index (χ4v) is 10.4. The van der Waals surface area contributed by atoms with Crippen molar-refractivity contribution in [3.05, 3.63) is 254 Å². The number of fused-ring (bicyclic) bond motifs is 4. The Labute approximate surface area is 460 Å². The minimum absolute atomic E-state index is 0. The van der Waals surface area contributed by atoms with Crippen LogP contribution in [-0.2, 0) is 32.9 Å². The number of para-hydroxylation sites is 3. The van der Waals surface area contributed by atoms with Crippen LogP contribution in [0.2, 0.25) is 0 Å². The maximum absolute atomic E-state index is 8.65. The average Bonchev–Trinajstić information content (AvgIpc) is 4.13. The molecule has 11 aromatic rings. The summed E-state index contributed by atoms with van der Waals surface area (Å²) >= 11 is 0. The first-order chi connectivity index (χ1) is 37.4. The van der Waals surface area contributed by atoms with Crippen LogP contribution in [0.25, 0.3) is 72.1 Å². The molecule has 3 heterocycles. The van der Waals surface area contributed by atoms with Crippen molar-refractivity contribution >= 4 is 38.9 Å². The van der Waals surface area contributed by atoms with E-state index in [0.29, 0.717) is 23.5 Å². The standard InChI is InChI=1S/C69H57N4O.Pt/c1-48-19-17-28-61(55-42-53(49-20-7-5-8-21-49)41-54(43-55)50-22-9-6-10-23-50)60(48)26-15-16-40-71-47-72(66-31-14-13-30-65(66)71)57-24-18-25-58(45-57)74-59-36-37-63-62-27-11-12-29-64(62)73(67(63)46-59)68-44-52(38-39-70-68)51-32-34-56(35-33-51)69(2,3)4;/h5-14,17-25,27-39,41-44,47H,15-16,26,40H2,1-4H3;/q-3;/i1D3;. The van der Waals surface area contributed by atoms with Crippen LogP contribution >= 0.6 is 0 Å². The second-order valence-corrected chi connectivity index (χ2v) is 20.2. The van der Waals surface area contributed by atoms with E-state index < -0.39 is 6.85 Å². The summed E-state index contributed by atoms with van der Waals surface area (Å²) in [5, 5.41) is 2.17. The summed E-state index contributed by atoms with van der Waals surface area (Å²) in [6, 6.07) is 80.3. The smallest absolute Gasteiger partial charge is 0.136 e. The number of hydrogen-bond donors (Lipinski definition) is 0. The third-order valence-electron chi connectivity index (χ3n) is 14.3. The summed E-state index contributed by atoms with van der Waals surface area (Å²) in [6.45, 7) is 7.31. The summed E-state index contributed by atoms with van der Waals surface area (Å²) in [7, 11) is 0. The molecule has 0 fully saturated rings. The minimum atomic E-state index is -2.27. The van der Waals surface area contributed by atoms with E-state index in [1.54, 1.807) is 6.07 Å². The molecule has 0 saturated carbocycles. The largest absolute Gasteiger partial charge is 0.509 e. The zero-order valence-electron chi connectivity index (χ0n) is 45.2. The molecule has 372 valence electrons. The summed E-state index contributed by atoms with van der Waals surface area (Å²) in [5.41, 5.74) is 16.1. The zero-order chi connectivity index (χ0) is 52.7. The average molecular weight is 1160 g/mol. The number of anilines is 3. The number of pyridine rings is 1. The summed E-state index contributed by atoms with van der Waals surface area (Å²) in [6.07, 6.45) is 4.12. The molecule has 0 spiro atoms. The predicted molar refractivity (Wildman–Crippen MR) is 308 cm³/mol. The van der Waals surface area contributed by atoms with Gasteiger partial charge in [0, 0.05) is 59.8 Å². The van der Waals surface area contributed by atoms with Crippen molar-refractivity contribution in [1.82, 2.24) is 9.55 Å². The normalized spacial score (nSPS) is 13.0. The fraction of sp³-hybridized carbons (Fsp3) is 0.130. The Morgan fingerprint density at radius 3 is 1.97 bits per heavy atom. The van der Waals surface area contributed by atoms with Crippen molar-refractivity contribution in [3.8, 4) is 61.8 Å². The quantitative estimate of drug-likeness (QED) is 0.0851. The van der Waals surface area contributed by atoms with Crippen molar-refractivity contribution in [3.63, 3.8) is 0 Å². The van der Waals surface area contributed by atoms with E-state index in [1.165, 1.54) is 5.56 Å². The number of unbranched alkanes of at least 4 members (excludes halogenated alkanes) is 1. The number of aryl methyl sites for hydroxylation is 1. The van der Waals surface area contributed by atoms with E-state index >= 15 is 0 Å². The van der Waals surface area contributed by atoms with Crippen LogP contribution in [0.5, 0.6) is 11.5 Å². The van der Waals surface area contributed by atoms with E-state index in [0.717, 1.165) is 114 Å². The van der Waals surface area contributed by atoms with Gasteiger partial charge in [0.1, 0.15) is 5.82 Å². The first kappa shape index (κ1) is 45.6. The van der Waals surface area contributed by atoms with Gasteiger partial charge in [-0.15, -0.1) is 41.4 Å². The van der Waals surface area contributed by atoms with Crippen LogP contribution in [-0.4, -0.2) is 16.1 Å². The monoisotopic (exact) mass is 1160 g/mol. The van der Waals surface area contributed by atoms with Gasteiger partial charge in [0.15, 0.2) is 0 Å². The second kappa shape index (κ2) is 21.1. The number of rotatable bonds is 13. The van der Waals surface area contributed by atoms with E-state index in [9.17, 15) is 0 Å². The summed E-state index contributed by atoms with van der Waals surface area (Å²) in [4.78, 5) is 9.35. The molecule has 0 N–H and O–H groups in total. The van der Waals surface area contributed by atoms with E-state index in [-0.39, 0.29) is 26.5 Å². The van der Waals surface area contributed by atoms with Crippen LogP contribution in [0.4, 0.5) is 17.1 Å². The van der Waals surface area contributed by atoms with E-state index in [1.807, 2.05) is 48.7 Å². The first-order valence-electron chi connectivity index (χ1n) is 27.0. The minimum Gasteiger partial charge on any atom is -0.509 e. The van der Waals surface area contributed by atoms with Crippen LogP contribution < -0.4 is 14.5 Å². The van der Waals surface area contributed by atoms with Gasteiger partial charge in [-0.1, -0.05) is 160 Å². The molecule has 1 aliphatic rings. The SMILES string of the molecule is [2H]C([2H])([2H])c1cccc(-c2cc(-c3ccccc3)cc(-c3ccccc3)c2)c1CCCCN1[CH-]N(c2[c-]c(Oc3[c-]c4c(cc3)c3ccccc3n4-c3cc(-c4ccc(C(C)(C)C)cc4)ccn3)ccc2)c2ccccc21.[Pt]. The summed E-state index contributed by atoms with van der Waals surface area (Å²) < 4.78 is 34.7. The molecule has 75 heavy (non-hydrogen) atoms. The molecule has 2 aromatic heterocycles. The van der Waals surface area contributed by atoms with Crippen LogP contribution in [0.15, 0.2) is 219 Å². The van der Waals surface area contributed by atoms with Crippen LogP contribution in [0, 0.1) is 25.7 Å². The number of aromatic nitrogens is 2.